The van der Waals surface area contributed by atoms with Gasteiger partial charge in [0.25, 0.3) is 0 Å². The van der Waals surface area contributed by atoms with Crippen molar-refractivity contribution in [2.45, 2.75) is 43.8 Å². The van der Waals surface area contributed by atoms with Gasteiger partial charge in [0.2, 0.25) is 11.8 Å². The second-order valence-electron chi connectivity index (χ2n) is 5.66. The molecule has 0 rings (SSSR count). The Morgan fingerprint density at radius 3 is 1.27 bits per heavy atom. The summed E-state index contributed by atoms with van der Waals surface area (Å²) >= 11 is 0. The second kappa shape index (κ2) is 17.6. The van der Waals surface area contributed by atoms with E-state index in [1.807, 2.05) is 0 Å². The predicted molar refractivity (Wildman–Crippen MR) is 104 cm³/mol. The van der Waals surface area contributed by atoms with Gasteiger partial charge in [0.1, 0.15) is 18.1 Å². The number of hydrogen-bond acceptors (Lipinski definition) is 9. The van der Waals surface area contributed by atoms with Crippen LogP contribution in [0.25, 0.3) is 0 Å². The zero-order valence-corrected chi connectivity index (χ0v) is 16.1. The van der Waals surface area contributed by atoms with E-state index in [1.54, 1.807) is 0 Å². The van der Waals surface area contributed by atoms with Crippen molar-refractivity contribution in [2.75, 3.05) is 6.54 Å². The maximum absolute atomic E-state index is 10.2. The largest absolute Gasteiger partial charge is 0.480 e. The van der Waals surface area contributed by atoms with E-state index in [4.69, 9.17) is 43.7 Å². The molecule has 0 bridgehead atoms. The minimum absolute atomic E-state index is 0.112. The molecule has 2 amide bonds. The molecule has 174 valence electrons. The molecule has 0 saturated carbocycles. The molecule has 16 heteroatoms. The van der Waals surface area contributed by atoms with Crippen LogP contribution >= 0.6 is 0 Å². The Labute approximate surface area is 171 Å². The number of carbonyl (C=O) groups excluding carboxylic acids is 2. The van der Waals surface area contributed by atoms with Crippen molar-refractivity contribution in [1.29, 1.82) is 5.41 Å². The lowest BCUT2D eigenvalue weighted by molar-refractivity contribution is -0.140. The smallest absolute Gasteiger partial charge is 0.321 e. The van der Waals surface area contributed by atoms with Crippen molar-refractivity contribution in [2.24, 2.45) is 34.4 Å². The number of carboxylic acids is 3. The monoisotopic (exact) mass is 438 g/mol. The van der Waals surface area contributed by atoms with Gasteiger partial charge in [0.05, 0.1) is 12.8 Å². The molecule has 0 aliphatic rings. The molecule has 3 unspecified atom stereocenters. The third kappa shape index (κ3) is 24.5. The van der Waals surface area contributed by atoms with Crippen LogP contribution in [0, 0.1) is 5.41 Å². The van der Waals surface area contributed by atoms with Crippen molar-refractivity contribution < 1.29 is 39.3 Å². The number of nitrogens with one attached hydrogen (secondary N) is 2. The van der Waals surface area contributed by atoms with Gasteiger partial charge < -0.3 is 55.0 Å². The van der Waals surface area contributed by atoms with E-state index in [0.29, 0.717) is 19.4 Å². The number of amides is 2. The normalized spacial score (nSPS) is 12.4. The first-order valence-corrected chi connectivity index (χ1v) is 8.21. The average molecular weight is 438 g/mol. The molecule has 0 radical (unpaired) electrons. The maximum Gasteiger partial charge on any atom is 0.321 e. The zero-order chi connectivity index (χ0) is 24.4. The highest BCUT2D eigenvalue weighted by molar-refractivity contribution is 5.83. The summed E-state index contributed by atoms with van der Waals surface area (Å²) in [4.78, 5) is 50.0. The number of aliphatic carboxylic acids is 3. The fourth-order valence-electron chi connectivity index (χ4n) is 1.28. The molecular weight excluding hydrogens is 408 g/mol. The standard InChI is InChI=1S/C6H14N4O2.2C4H8N2O3/c7-4(5(11)12)2-1-3-10-6(8)9;2*5-2(4(8)9)1-3(6)7/h4H,1-3,7H2,(H,11,12)(H4,8,9,10);2*2H,1,5H2,(H2,6,7)(H,8,9). The van der Waals surface area contributed by atoms with Crippen molar-refractivity contribution >= 4 is 35.7 Å². The van der Waals surface area contributed by atoms with Crippen LogP contribution in [-0.4, -0.2) is 75.7 Å². The highest BCUT2D eigenvalue weighted by atomic mass is 16.4. The Morgan fingerprint density at radius 1 is 0.733 bits per heavy atom. The third-order valence-electron chi connectivity index (χ3n) is 2.80. The van der Waals surface area contributed by atoms with E-state index in [0.717, 1.165) is 0 Å². The van der Waals surface area contributed by atoms with E-state index in [-0.39, 0.29) is 18.8 Å². The fraction of sp³-hybridized carbons (Fsp3) is 0.571. The summed E-state index contributed by atoms with van der Waals surface area (Å²) < 4.78 is 0. The molecule has 0 fully saturated rings. The van der Waals surface area contributed by atoms with Gasteiger partial charge in [0, 0.05) is 6.54 Å². The van der Waals surface area contributed by atoms with Crippen molar-refractivity contribution in [3.05, 3.63) is 0 Å². The first-order chi connectivity index (χ1) is 13.6. The Hall–Kier alpha value is -3.50. The van der Waals surface area contributed by atoms with E-state index < -0.39 is 47.8 Å². The van der Waals surface area contributed by atoms with E-state index in [1.165, 1.54) is 0 Å². The molecule has 0 saturated heterocycles. The lowest BCUT2D eigenvalue weighted by Gasteiger charge is -2.06. The Bertz CT molecular complexity index is 568. The van der Waals surface area contributed by atoms with Gasteiger partial charge >= 0.3 is 17.9 Å². The van der Waals surface area contributed by atoms with Crippen molar-refractivity contribution in [1.82, 2.24) is 5.32 Å². The first kappa shape index (κ1) is 31.2. The lowest BCUT2D eigenvalue weighted by Crippen LogP contribution is -2.34. The first-order valence-electron chi connectivity index (χ1n) is 8.21. The summed E-state index contributed by atoms with van der Waals surface area (Å²) in [6, 6.07) is -3.15. The van der Waals surface area contributed by atoms with Crippen LogP contribution in [0.1, 0.15) is 25.7 Å². The van der Waals surface area contributed by atoms with Gasteiger partial charge in [-0.25, -0.2) is 0 Å². The number of hydrogen-bond donors (Lipinski definition) is 11. The predicted octanol–water partition coefficient (Wildman–Crippen LogP) is -4.79. The molecule has 3 atom stereocenters. The number of primary amides is 2. The summed E-state index contributed by atoms with van der Waals surface area (Å²) in [5, 5.41) is 33.9. The molecular formula is C14H30N8O8. The minimum atomic E-state index is -1.21. The Morgan fingerprint density at radius 2 is 1.07 bits per heavy atom. The van der Waals surface area contributed by atoms with E-state index in [9.17, 15) is 24.0 Å². The van der Waals surface area contributed by atoms with Gasteiger partial charge in [-0.1, -0.05) is 0 Å². The third-order valence-corrected chi connectivity index (χ3v) is 2.80. The molecule has 0 aromatic carbocycles. The number of rotatable bonds is 11. The molecule has 30 heavy (non-hydrogen) atoms. The number of guanidine groups is 1. The lowest BCUT2D eigenvalue weighted by atomic mass is 10.2. The van der Waals surface area contributed by atoms with Gasteiger partial charge in [-0.05, 0) is 12.8 Å². The summed E-state index contributed by atoms with van der Waals surface area (Å²) in [5.41, 5.74) is 29.3. The highest BCUT2D eigenvalue weighted by Gasteiger charge is 2.14. The van der Waals surface area contributed by atoms with Crippen LogP contribution < -0.4 is 39.7 Å². The van der Waals surface area contributed by atoms with Crippen LogP contribution in [0.2, 0.25) is 0 Å². The van der Waals surface area contributed by atoms with Crippen LogP contribution in [0.5, 0.6) is 0 Å². The van der Waals surface area contributed by atoms with Crippen molar-refractivity contribution in [3.8, 4) is 0 Å². The second-order valence-corrected chi connectivity index (χ2v) is 5.66. The molecule has 0 spiro atoms. The summed E-state index contributed by atoms with van der Waals surface area (Å²) in [7, 11) is 0. The number of carboxylic acid groups (broad SMARTS) is 3. The van der Waals surface area contributed by atoms with Crippen LogP contribution in [0.3, 0.4) is 0 Å². The van der Waals surface area contributed by atoms with Gasteiger partial charge in [-0.3, -0.25) is 29.4 Å². The SMILES string of the molecule is N=C(N)NCCCC(N)C(=O)O.NC(=O)CC(N)C(=O)O.NC(=O)CC(N)C(=O)O. The zero-order valence-electron chi connectivity index (χ0n) is 16.1. The maximum atomic E-state index is 10.2. The average Bonchev–Trinajstić information content (AvgIpc) is 2.58. The topological polar surface area (TPSA) is 338 Å². The van der Waals surface area contributed by atoms with E-state index in [2.05, 4.69) is 16.8 Å². The molecule has 0 aliphatic carbocycles. The van der Waals surface area contributed by atoms with Crippen molar-refractivity contribution in [3.63, 3.8) is 0 Å². The summed E-state index contributed by atoms with van der Waals surface area (Å²) in [5.74, 6) is -4.95. The van der Waals surface area contributed by atoms with Gasteiger partial charge in [-0.2, -0.15) is 0 Å². The highest BCUT2D eigenvalue weighted by Crippen LogP contribution is 1.92. The van der Waals surface area contributed by atoms with Gasteiger partial charge in [-0.15, -0.1) is 0 Å². The number of carbonyl (C=O) groups is 5. The van der Waals surface area contributed by atoms with Crippen LogP contribution in [0.4, 0.5) is 0 Å². The summed E-state index contributed by atoms with van der Waals surface area (Å²) in [6.45, 7) is 0.482. The van der Waals surface area contributed by atoms with Crippen LogP contribution in [0.15, 0.2) is 0 Å². The fourth-order valence-corrected chi connectivity index (χ4v) is 1.28. The number of nitrogens with two attached hydrogens (primary N) is 6. The quantitative estimate of drug-likeness (QED) is 0.0819. The Balaban J connectivity index is -0.000000371. The molecule has 0 aromatic rings. The Kier molecular flexibility index (Phi) is 18.3. The molecule has 0 aliphatic heterocycles. The molecule has 0 aromatic heterocycles. The minimum Gasteiger partial charge on any atom is -0.480 e. The molecule has 0 heterocycles. The molecule has 17 N–H and O–H groups in total. The van der Waals surface area contributed by atoms with Crippen LogP contribution in [-0.2, 0) is 24.0 Å². The molecule has 16 nitrogen and oxygen atoms in total. The summed E-state index contributed by atoms with van der Waals surface area (Å²) in [6.07, 6.45) is 0.354. The van der Waals surface area contributed by atoms with E-state index >= 15 is 0 Å². The van der Waals surface area contributed by atoms with Gasteiger partial charge in [0.15, 0.2) is 5.96 Å².